The number of hydrogen-bond donors (Lipinski definition) is 0. The summed E-state index contributed by atoms with van der Waals surface area (Å²) in [4.78, 5) is 0. The lowest BCUT2D eigenvalue weighted by Gasteiger charge is -2.38. The van der Waals surface area contributed by atoms with Gasteiger partial charge >= 0.3 is 0 Å². The third kappa shape index (κ3) is 6.81. The van der Waals surface area contributed by atoms with Crippen molar-refractivity contribution >= 4 is 0 Å². The summed E-state index contributed by atoms with van der Waals surface area (Å²) >= 11 is 0. The second kappa shape index (κ2) is 12.8. The first-order valence-corrected chi connectivity index (χ1v) is 14.9. The van der Waals surface area contributed by atoms with Crippen LogP contribution in [0.25, 0.3) is 0 Å². The van der Waals surface area contributed by atoms with Crippen molar-refractivity contribution in [1.29, 1.82) is 0 Å². The first-order valence-electron chi connectivity index (χ1n) is 14.9. The first kappa shape index (κ1) is 26.8. The van der Waals surface area contributed by atoms with Crippen LogP contribution in [0, 0.1) is 29.4 Å². The predicted molar refractivity (Wildman–Crippen MR) is 144 cm³/mol. The molecule has 0 bridgehead atoms. The van der Waals surface area contributed by atoms with Gasteiger partial charge in [-0.1, -0.05) is 56.5 Å². The Kier molecular flexibility index (Phi) is 9.31. The summed E-state index contributed by atoms with van der Waals surface area (Å²) in [6, 6.07) is 13.5. The Morgan fingerprint density at radius 2 is 1.19 bits per heavy atom. The van der Waals surface area contributed by atoms with Gasteiger partial charge in [0.15, 0.2) is 17.9 Å². The highest BCUT2D eigenvalue weighted by atomic mass is 19.2. The van der Waals surface area contributed by atoms with Crippen LogP contribution >= 0.6 is 0 Å². The lowest BCUT2D eigenvalue weighted by molar-refractivity contribution is -0.206. The van der Waals surface area contributed by atoms with Crippen molar-refractivity contribution in [2.24, 2.45) is 17.8 Å². The summed E-state index contributed by atoms with van der Waals surface area (Å²) in [5.74, 6) is 1.72. The Balaban J connectivity index is 1.05. The van der Waals surface area contributed by atoms with Crippen LogP contribution in [0.15, 0.2) is 42.5 Å². The first-order chi connectivity index (χ1) is 18.1. The zero-order valence-corrected chi connectivity index (χ0v) is 22.5. The fourth-order valence-electron chi connectivity index (χ4n) is 7.12. The van der Waals surface area contributed by atoms with Gasteiger partial charge in [0.05, 0.1) is 13.2 Å². The minimum absolute atomic E-state index is 0.214. The lowest BCUT2D eigenvalue weighted by atomic mass is 9.67. The largest absolute Gasteiger partial charge is 0.348 e. The summed E-state index contributed by atoms with van der Waals surface area (Å²) in [7, 11) is 0. The van der Waals surface area contributed by atoms with E-state index >= 15 is 0 Å². The summed E-state index contributed by atoms with van der Waals surface area (Å²) < 4.78 is 39.1. The lowest BCUT2D eigenvalue weighted by Crippen LogP contribution is -2.27. The molecule has 0 radical (unpaired) electrons. The molecule has 1 heterocycles. The number of benzene rings is 2. The van der Waals surface area contributed by atoms with Crippen molar-refractivity contribution in [2.45, 2.75) is 102 Å². The van der Waals surface area contributed by atoms with Crippen LogP contribution in [0.1, 0.15) is 119 Å². The van der Waals surface area contributed by atoms with Crippen molar-refractivity contribution in [3.05, 3.63) is 70.8 Å². The molecule has 0 spiro atoms. The molecule has 0 aromatic heterocycles. The van der Waals surface area contributed by atoms with Crippen LogP contribution in [0.5, 0.6) is 0 Å². The Morgan fingerprint density at radius 3 is 1.76 bits per heavy atom. The van der Waals surface area contributed by atoms with Gasteiger partial charge < -0.3 is 9.47 Å². The van der Waals surface area contributed by atoms with Crippen LogP contribution in [0.2, 0.25) is 0 Å². The monoisotopic (exact) mass is 510 g/mol. The summed E-state index contributed by atoms with van der Waals surface area (Å²) in [6.45, 7) is 3.86. The summed E-state index contributed by atoms with van der Waals surface area (Å²) in [6.07, 6.45) is 14.6. The van der Waals surface area contributed by atoms with E-state index in [4.69, 9.17) is 9.47 Å². The van der Waals surface area contributed by atoms with Crippen molar-refractivity contribution in [2.75, 3.05) is 13.2 Å². The van der Waals surface area contributed by atoms with Gasteiger partial charge in [-0.15, -0.1) is 0 Å². The fourth-order valence-corrected chi connectivity index (χ4v) is 7.12. The van der Waals surface area contributed by atoms with E-state index in [1.807, 2.05) is 0 Å². The van der Waals surface area contributed by atoms with E-state index < -0.39 is 11.6 Å². The molecule has 3 aliphatic rings. The van der Waals surface area contributed by atoms with E-state index in [1.165, 1.54) is 81.9 Å². The average molecular weight is 511 g/mol. The molecule has 1 aliphatic heterocycles. The molecule has 1 saturated heterocycles. The number of halogens is 2. The van der Waals surface area contributed by atoms with Crippen LogP contribution in [0.4, 0.5) is 8.78 Å². The van der Waals surface area contributed by atoms with Crippen molar-refractivity contribution in [3.8, 4) is 0 Å². The van der Waals surface area contributed by atoms with Crippen molar-refractivity contribution < 1.29 is 18.3 Å². The van der Waals surface area contributed by atoms with Crippen LogP contribution in [-0.2, 0) is 9.47 Å². The highest BCUT2D eigenvalue weighted by Crippen LogP contribution is 2.46. The smallest absolute Gasteiger partial charge is 0.183 e. The Hall–Kier alpha value is -1.78. The zero-order chi connectivity index (χ0) is 25.6. The van der Waals surface area contributed by atoms with E-state index in [-0.39, 0.29) is 6.29 Å². The second-order valence-corrected chi connectivity index (χ2v) is 11.9. The van der Waals surface area contributed by atoms with Crippen molar-refractivity contribution in [1.82, 2.24) is 0 Å². The molecule has 2 aromatic rings. The van der Waals surface area contributed by atoms with E-state index in [0.717, 1.165) is 49.0 Å². The van der Waals surface area contributed by atoms with Crippen molar-refractivity contribution in [3.63, 3.8) is 0 Å². The molecule has 0 N–H and O–H groups in total. The number of hydrogen-bond acceptors (Lipinski definition) is 2. The number of unbranched alkanes of at least 4 members (excludes halogenated alkanes) is 2. The van der Waals surface area contributed by atoms with Gasteiger partial charge in [0.2, 0.25) is 0 Å². The Labute approximate surface area is 222 Å². The standard InChI is InChI=1S/C33H44F2O2/c1-2-3-4-5-23-21-36-33(37-22-23)29-16-14-27(15-17-29)25-8-6-24(7-9-25)26-10-12-28(13-11-26)30-18-19-31(34)32(35)20-30/h14-20,23-26,28,33H,2-13,21-22H2,1H3. The topological polar surface area (TPSA) is 18.5 Å². The molecule has 2 saturated carbocycles. The minimum atomic E-state index is -0.745. The molecule has 2 aliphatic carbocycles. The quantitative estimate of drug-likeness (QED) is 0.329. The van der Waals surface area contributed by atoms with Gasteiger partial charge in [-0.3, -0.25) is 0 Å². The van der Waals surface area contributed by atoms with Crippen LogP contribution in [0.3, 0.4) is 0 Å². The molecule has 37 heavy (non-hydrogen) atoms. The zero-order valence-electron chi connectivity index (χ0n) is 22.5. The van der Waals surface area contributed by atoms with Gasteiger partial charge in [-0.25, -0.2) is 8.78 Å². The molecule has 4 heteroatoms. The Morgan fingerprint density at radius 1 is 0.649 bits per heavy atom. The van der Waals surface area contributed by atoms with E-state index in [9.17, 15) is 8.78 Å². The molecule has 0 amide bonds. The predicted octanol–water partition coefficient (Wildman–Crippen LogP) is 9.45. The SMILES string of the molecule is CCCCCC1COC(c2ccc(C3CCC(C4CCC(c5ccc(F)c(F)c5)CC4)CC3)cc2)OC1. The molecule has 0 atom stereocenters. The summed E-state index contributed by atoms with van der Waals surface area (Å²) in [5, 5.41) is 0. The third-order valence-corrected chi connectivity index (χ3v) is 9.49. The minimum Gasteiger partial charge on any atom is -0.348 e. The van der Waals surface area contributed by atoms with Gasteiger partial charge in [-0.05, 0) is 105 Å². The van der Waals surface area contributed by atoms with Gasteiger partial charge in [0.1, 0.15) is 0 Å². The number of ether oxygens (including phenoxy) is 2. The van der Waals surface area contributed by atoms with Gasteiger partial charge in [0.25, 0.3) is 0 Å². The number of rotatable bonds is 8. The van der Waals surface area contributed by atoms with Crippen LogP contribution in [-0.4, -0.2) is 13.2 Å². The molecule has 2 aromatic carbocycles. The molecular formula is C33H44F2O2. The fraction of sp³-hybridized carbons (Fsp3) is 0.636. The molecule has 5 rings (SSSR count). The maximum atomic E-state index is 13.7. The highest BCUT2D eigenvalue weighted by molar-refractivity contribution is 5.27. The Bertz CT molecular complexity index is 966. The van der Waals surface area contributed by atoms with Crippen LogP contribution < -0.4 is 0 Å². The maximum Gasteiger partial charge on any atom is 0.183 e. The highest BCUT2D eigenvalue weighted by Gasteiger charge is 2.32. The molecular weight excluding hydrogens is 466 g/mol. The third-order valence-electron chi connectivity index (χ3n) is 9.49. The second-order valence-electron chi connectivity index (χ2n) is 11.9. The molecule has 0 unspecified atom stereocenters. The van der Waals surface area contributed by atoms with E-state index in [0.29, 0.717) is 17.8 Å². The maximum absolute atomic E-state index is 13.7. The average Bonchev–Trinajstić information content (AvgIpc) is 2.95. The molecule has 2 nitrogen and oxygen atoms in total. The van der Waals surface area contributed by atoms with Gasteiger partial charge in [0, 0.05) is 11.5 Å². The van der Waals surface area contributed by atoms with E-state index in [2.05, 4.69) is 31.2 Å². The molecule has 202 valence electrons. The normalized spacial score (nSPS) is 30.8. The molecule has 3 fully saturated rings. The van der Waals surface area contributed by atoms with E-state index in [1.54, 1.807) is 6.07 Å². The summed E-state index contributed by atoms with van der Waals surface area (Å²) in [5.41, 5.74) is 3.57. The van der Waals surface area contributed by atoms with Gasteiger partial charge in [-0.2, -0.15) is 0 Å².